The van der Waals surface area contributed by atoms with Crippen LogP contribution in [0.3, 0.4) is 0 Å². The Hall–Kier alpha value is -0.770. The van der Waals surface area contributed by atoms with Crippen LogP contribution in [0, 0.1) is 11.8 Å². The second-order valence-electron chi connectivity index (χ2n) is 6.21. The van der Waals surface area contributed by atoms with Crippen LogP contribution in [0.4, 0.5) is 4.79 Å². The van der Waals surface area contributed by atoms with Gasteiger partial charge in [0.2, 0.25) is 0 Å². The highest BCUT2D eigenvalue weighted by Gasteiger charge is 2.25. The Morgan fingerprint density at radius 1 is 1.17 bits per heavy atom. The van der Waals surface area contributed by atoms with Crippen molar-refractivity contribution in [1.29, 1.82) is 0 Å². The zero-order chi connectivity index (χ0) is 14.3. The predicted octanol–water partition coefficient (Wildman–Crippen LogP) is 2.52. The van der Waals surface area contributed by atoms with E-state index in [1.165, 1.54) is 0 Å². The fraction of sp³-hybridized carbons (Fsp3) is 0.929. The summed E-state index contributed by atoms with van der Waals surface area (Å²) < 4.78 is 0. The molecule has 0 saturated heterocycles. The smallest absolute Gasteiger partial charge is 0.315 e. The summed E-state index contributed by atoms with van der Waals surface area (Å²) in [7, 11) is 0. The number of urea groups is 1. The van der Waals surface area contributed by atoms with E-state index in [9.17, 15) is 9.90 Å². The van der Waals surface area contributed by atoms with E-state index in [0.717, 1.165) is 12.8 Å². The van der Waals surface area contributed by atoms with E-state index in [1.807, 2.05) is 20.8 Å². The fourth-order valence-corrected chi connectivity index (χ4v) is 1.39. The Morgan fingerprint density at radius 3 is 2.17 bits per heavy atom. The molecule has 108 valence electrons. The van der Waals surface area contributed by atoms with Crippen molar-refractivity contribution >= 4 is 6.03 Å². The molecule has 0 aromatic heterocycles. The molecule has 0 aromatic rings. The van der Waals surface area contributed by atoms with Crippen LogP contribution in [-0.4, -0.2) is 29.3 Å². The van der Waals surface area contributed by atoms with E-state index in [1.54, 1.807) is 6.92 Å². The van der Waals surface area contributed by atoms with Gasteiger partial charge in [-0.2, -0.15) is 0 Å². The summed E-state index contributed by atoms with van der Waals surface area (Å²) in [6.07, 6.45) is 2.08. The minimum atomic E-state index is -0.863. The molecule has 0 bridgehead atoms. The topological polar surface area (TPSA) is 61.4 Å². The molecule has 2 unspecified atom stereocenters. The number of hydrogen-bond donors (Lipinski definition) is 3. The largest absolute Gasteiger partial charge is 0.388 e. The average Bonchev–Trinajstić information content (AvgIpc) is 2.23. The number of hydrogen-bond acceptors (Lipinski definition) is 2. The molecule has 4 heteroatoms. The monoisotopic (exact) mass is 258 g/mol. The Bertz CT molecular complexity index is 250. The molecule has 4 nitrogen and oxygen atoms in total. The minimum Gasteiger partial charge on any atom is -0.388 e. The van der Waals surface area contributed by atoms with Gasteiger partial charge in [0.25, 0.3) is 0 Å². The average molecular weight is 258 g/mol. The van der Waals surface area contributed by atoms with E-state index < -0.39 is 5.60 Å². The first-order valence-corrected chi connectivity index (χ1v) is 6.92. The van der Waals surface area contributed by atoms with Crippen LogP contribution in [0.2, 0.25) is 0 Å². The van der Waals surface area contributed by atoms with E-state index in [2.05, 4.69) is 24.5 Å². The van der Waals surface area contributed by atoms with Gasteiger partial charge in [-0.15, -0.1) is 0 Å². The maximum Gasteiger partial charge on any atom is 0.315 e. The molecule has 3 N–H and O–H groups in total. The second-order valence-corrected chi connectivity index (χ2v) is 6.21. The lowest BCUT2D eigenvalue weighted by atomic mass is 9.93. The first-order valence-electron chi connectivity index (χ1n) is 6.92. The molecule has 0 rings (SSSR count). The summed E-state index contributed by atoms with van der Waals surface area (Å²) in [4.78, 5) is 11.6. The van der Waals surface area contributed by atoms with E-state index in [0.29, 0.717) is 5.92 Å². The highest BCUT2D eigenvalue weighted by molar-refractivity contribution is 5.74. The first-order chi connectivity index (χ1) is 8.15. The van der Waals surface area contributed by atoms with Crippen LogP contribution in [0.1, 0.15) is 54.4 Å². The zero-order valence-corrected chi connectivity index (χ0v) is 12.7. The van der Waals surface area contributed by atoms with E-state index in [-0.39, 0.29) is 24.5 Å². The number of carbonyl (C=O) groups excluding carboxylic acids is 1. The van der Waals surface area contributed by atoms with Crippen molar-refractivity contribution in [2.75, 3.05) is 6.54 Å². The molecule has 0 aliphatic heterocycles. The van der Waals surface area contributed by atoms with Crippen molar-refractivity contribution < 1.29 is 9.90 Å². The summed E-state index contributed by atoms with van der Waals surface area (Å²) in [5, 5.41) is 15.6. The highest BCUT2D eigenvalue weighted by atomic mass is 16.3. The van der Waals surface area contributed by atoms with E-state index >= 15 is 0 Å². The number of rotatable bonds is 7. The minimum absolute atomic E-state index is 0.108. The number of carbonyl (C=O) groups is 1. The van der Waals surface area contributed by atoms with Gasteiger partial charge >= 0.3 is 6.03 Å². The third kappa shape index (κ3) is 7.54. The third-order valence-electron chi connectivity index (χ3n) is 3.41. The summed E-state index contributed by atoms with van der Waals surface area (Å²) in [5.41, 5.74) is -0.863. The van der Waals surface area contributed by atoms with Crippen LogP contribution >= 0.6 is 0 Å². The maximum atomic E-state index is 11.6. The third-order valence-corrected chi connectivity index (χ3v) is 3.41. The fourth-order valence-electron chi connectivity index (χ4n) is 1.39. The van der Waals surface area contributed by atoms with Gasteiger partial charge in [-0.05, 0) is 38.5 Å². The SMILES string of the molecule is CC(C)CCC(C)NC(=O)NCC(C)(O)C(C)C. The summed E-state index contributed by atoms with van der Waals surface area (Å²) in [6.45, 7) is 12.2. The van der Waals surface area contributed by atoms with Crippen molar-refractivity contribution in [3.05, 3.63) is 0 Å². The van der Waals surface area contributed by atoms with Gasteiger partial charge in [0.05, 0.1) is 5.60 Å². The van der Waals surface area contributed by atoms with Gasteiger partial charge in [-0.3, -0.25) is 0 Å². The Labute approximate surface area is 112 Å². The van der Waals surface area contributed by atoms with Crippen LogP contribution in [0.15, 0.2) is 0 Å². The predicted molar refractivity (Wildman–Crippen MR) is 75.5 cm³/mol. The van der Waals surface area contributed by atoms with Crippen LogP contribution in [0.5, 0.6) is 0 Å². The van der Waals surface area contributed by atoms with Gasteiger partial charge < -0.3 is 15.7 Å². The van der Waals surface area contributed by atoms with Gasteiger partial charge in [0.15, 0.2) is 0 Å². The summed E-state index contributed by atoms with van der Waals surface area (Å²) in [6, 6.07) is -0.0384. The summed E-state index contributed by atoms with van der Waals surface area (Å²) >= 11 is 0. The molecule has 0 spiro atoms. The van der Waals surface area contributed by atoms with Gasteiger partial charge in [0.1, 0.15) is 0 Å². The highest BCUT2D eigenvalue weighted by Crippen LogP contribution is 2.14. The number of amides is 2. The Balaban J connectivity index is 3.91. The number of aliphatic hydroxyl groups is 1. The van der Waals surface area contributed by atoms with Crippen LogP contribution in [-0.2, 0) is 0 Å². The van der Waals surface area contributed by atoms with Gasteiger partial charge in [-0.1, -0.05) is 27.7 Å². The molecule has 0 heterocycles. The van der Waals surface area contributed by atoms with Crippen molar-refractivity contribution in [3.8, 4) is 0 Å². The van der Waals surface area contributed by atoms with Crippen molar-refractivity contribution in [2.24, 2.45) is 11.8 Å². The van der Waals surface area contributed by atoms with Crippen molar-refractivity contribution in [2.45, 2.75) is 66.0 Å². The second kappa shape index (κ2) is 7.62. The van der Waals surface area contributed by atoms with Crippen molar-refractivity contribution in [3.63, 3.8) is 0 Å². The maximum absolute atomic E-state index is 11.6. The van der Waals surface area contributed by atoms with Crippen LogP contribution < -0.4 is 10.6 Å². The van der Waals surface area contributed by atoms with Gasteiger partial charge in [-0.25, -0.2) is 4.79 Å². The summed E-state index contributed by atoms with van der Waals surface area (Å²) in [5.74, 6) is 0.759. The molecular weight excluding hydrogens is 228 g/mol. The molecule has 0 aliphatic carbocycles. The molecule has 18 heavy (non-hydrogen) atoms. The molecule has 2 amide bonds. The van der Waals surface area contributed by atoms with E-state index in [4.69, 9.17) is 0 Å². The standard InChI is InChI=1S/C14H30N2O2/c1-10(2)7-8-12(5)16-13(17)15-9-14(6,18)11(3)4/h10-12,18H,7-9H2,1-6H3,(H2,15,16,17). The molecule has 0 saturated carbocycles. The molecular formula is C14H30N2O2. The molecule has 0 fully saturated rings. The number of nitrogens with one attached hydrogen (secondary N) is 2. The lowest BCUT2D eigenvalue weighted by Crippen LogP contribution is -2.49. The Kier molecular flexibility index (Phi) is 7.29. The quantitative estimate of drug-likeness (QED) is 0.657. The lowest BCUT2D eigenvalue weighted by Gasteiger charge is -2.28. The molecule has 0 radical (unpaired) electrons. The lowest BCUT2D eigenvalue weighted by molar-refractivity contribution is 0.0165. The molecule has 0 aliphatic rings. The van der Waals surface area contributed by atoms with Gasteiger partial charge in [0, 0.05) is 12.6 Å². The normalized spacial score (nSPS) is 16.5. The molecule has 2 atom stereocenters. The van der Waals surface area contributed by atoms with Crippen molar-refractivity contribution in [1.82, 2.24) is 10.6 Å². The van der Waals surface area contributed by atoms with Crippen LogP contribution in [0.25, 0.3) is 0 Å². The zero-order valence-electron chi connectivity index (χ0n) is 12.7. The first kappa shape index (κ1) is 17.2. The Morgan fingerprint density at radius 2 is 1.72 bits per heavy atom. The molecule has 0 aromatic carbocycles.